The van der Waals surface area contributed by atoms with Crippen LogP contribution in [-0.4, -0.2) is 55.3 Å². The molecule has 29 heavy (non-hydrogen) atoms. The number of para-hydroxylation sites is 1. The first kappa shape index (κ1) is 20.5. The molecule has 7 heteroatoms. The number of methoxy groups -OCH3 is 1. The van der Waals surface area contributed by atoms with Crippen LogP contribution in [0.1, 0.15) is 12.0 Å². The van der Waals surface area contributed by atoms with Crippen LogP contribution >= 0.6 is 0 Å². The normalized spacial score (nSPS) is 16.0. The van der Waals surface area contributed by atoms with Crippen molar-refractivity contribution in [3.8, 4) is 17.2 Å². The van der Waals surface area contributed by atoms with Crippen molar-refractivity contribution in [3.63, 3.8) is 0 Å². The Morgan fingerprint density at radius 2 is 1.86 bits per heavy atom. The molecular formula is C22H25NO6. The number of carbonyl (C=O) groups excluding carboxylic acids is 1. The van der Waals surface area contributed by atoms with Crippen molar-refractivity contribution in [2.75, 3.05) is 33.4 Å². The Hall–Kier alpha value is -3.22. The van der Waals surface area contributed by atoms with Crippen molar-refractivity contribution in [2.45, 2.75) is 12.8 Å². The first-order valence-corrected chi connectivity index (χ1v) is 9.55. The molecule has 0 radical (unpaired) electrons. The van der Waals surface area contributed by atoms with Crippen LogP contribution in [0.25, 0.3) is 0 Å². The van der Waals surface area contributed by atoms with Crippen LogP contribution in [0.2, 0.25) is 0 Å². The van der Waals surface area contributed by atoms with Crippen LogP contribution in [-0.2, 0) is 16.0 Å². The van der Waals surface area contributed by atoms with Gasteiger partial charge in [-0.25, -0.2) is 0 Å². The molecule has 2 aromatic carbocycles. The minimum absolute atomic E-state index is 0.0771. The van der Waals surface area contributed by atoms with E-state index in [1.54, 1.807) is 12.0 Å². The molecule has 2 aromatic rings. The van der Waals surface area contributed by atoms with Gasteiger partial charge < -0.3 is 24.2 Å². The van der Waals surface area contributed by atoms with E-state index in [9.17, 15) is 9.59 Å². The Balaban J connectivity index is 1.53. The van der Waals surface area contributed by atoms with Gasteiger partial charge in [0.25, 0.3) is 0 Å². The average molecular weight is 399 g/mol. The molecular weight excluding hydrogens is 374 g/mol. The van der Waals surface area contributed by atoms with E-state index in [-0.39, 0.29) is 18.9 Å². The number of hydrogen-bond donors (Lipinski definition) is 1. The molecule has 1 unspecified atom stereocenters. The van der Waals surface area contributed by atoms with Crippen molar-refractivity contribution < 1.29 is 28.9 Å². The number of amides is 1. The molecule has 0 spiro atoms. The standard InChI is InChI=1S/C22H25NO6/c1-27-19-8-7-16(9-10-23-15-17(22(25)26)14-21(23)24)13-20(19)29-12-11-28-18-5-3-2-4-6-18/h2-8,13,17H,9-12,14-15H2,1H3,(H,25,26). The zero-order valence-corrected chi connectivity index (χ0v) is 16.4. The predicted octanol–water partition coefficient (Wildman–Crippen LogP) is 2.63. The molecule has 1 saturated heterocycles. The SMILES string of the molecule is COc1ccc(CCN2CC(C(=O)O)CC2=O)cc1OCCOc1ccccc1. The van der Waals surface area contributed by atoms with Gasteiger partial charge in [-0.2, -0.15) is 0 Å². The molecule has 1 aliphatic rings. The second kappa shape index (κ2) is 9.82. The van der Waals surface area contributed by atoms with Gasteiger partial charge in [0.1, 0.15) is 19.0 Å². The summed E-state index contributed by atoms with van der Waals surface area (Å²) in [5, 5.41) is 9.08. The van der Waals surface area contributed by atoms with Crippen LogP contribution in [0, 0.1) is 5.92 Å². The Labute approximate surface area is 169 Å². The van der Waals surface area contributed by atoms with Crippen molar-refractivity contribution >= 4 is 11.9 Å². The van der Waals surface area contributed by atoms with Gasteiger partial charge in [0.2, 0.25) is 5.91 Å². The van der Waals surface area contributed by atoms with E-state index in [4.69, 9.17) is 19.3 Å². The summed E-state index contributed by atoms with van der Waals surface area (Å²) in [6.07, 6.45) is 0.687. The lowest BCUT2D eigenvalue weighted by Crippen LogP contribution is -2.28. The highest BCUT2D eigenvalue weighted by molar-refractivity contribution is 5.86. The van der Waals surface area contributed by atoms with E-state index in [0.29, 0.717) is 37.7 Å². The number of carboxylic acid groups (broad SMARTS) is 1. The smallest absolute Gasteiger partial charge is 0.308 e. The Morgan fingerprint density at radius 1 is 1.10 bits per heavy atom. The van der Waals surface area contributed by atoms with E-state index in [2.05, 4.69) is 0 Å². The average Bonchev–Trinajstić information content (AvgIpc) is 3.11. The molecule has 1 amide bonds. The maximum absolute atomic E-state index is 12.0. The van der Waals surface area contributed by atoms with E-state index in [1.807, 2.05) is 48.5 Å². The zero-order chi connectivity index (χ0) is 20.6. The number of aliphatic carboxylic acids is 1. The summed E-state index contributed by atoms with van der Waals surface area (Å²) in [6.45, 7) is 1.51. The molecule has 7 nitrogen and oxygen atoms in total. The summed E-state index contributed by atoms with van der Waals surface area (Å²) < 4.78 is 16.8. The van der Waals surface area contributed by atoms with Gasteiger partial charge >= 0.3 is 5.97 Å². The van der Waals surface area contributed by atoms with Gasteiger partial charge in [-0.1, -0.05) is 24.3 Å². The van der Waals surface area contributed by atoms with Crippen molar-refractivity contribution in [1.29, 1.82) is 0 Å². The van der Waals surface area contributed by atoms with Crippen LogP contribution < -0.4 is 14.2 Å². The van der Waals surface area contributed by atoms with Crippen molar-refractivity contribution in [1.82, 2.24) is 4.90 Å². The zero-order valence-electron chi connectivity index (χ0n) is 16.4. The third-order valence-corrected chi connectivity index (χ3v) is 4.82. The number of likely N-dealkylation sites (tertiary alicyclic amines) is 1. The topological polar surface area (TPSA) is 85.3 Å². The summed E-state index contributed by atoms with van der Waals surface area (Å²) in [6, 6.07) is 15.1. The van der Waals surface area contributed by atoms with E-state index in [0.717, 1.165) is 11.3 Å². The minimum Gasteiger partial charge on any atom is -0.493 e. The second-order valence-corrected chi connectivity index (χ2v) is 6.82. The molecule has 0 bridgehead atoms. The Kier molecular flexibility index (Phi) is 6.94. The second-order valence-electron chi connectivity index (χ2n) is 6.82. The van der Waals surface area contributed by atoms with Crippen molar-refractivity contribution in [3.05, 3.63) is 54.1 Å². The molecule has 0 saturated carbocycles. The fourth-order valence-electron chi connectivity index (χ4n) is 3.24. The molecule has 1 aliphatic heterocycles. The van der Waals surface area contributed by atoms with E-state index >= 15 is 0 Å². The van der Waals surface area contributed by atoms with Gasteiger partial charge in [0.05, 0.1) is 13.0 Å². The molecule has 154 valence electrons. The van der Waals surface area contributed by atoms with Gasteiger partial charge in [-0.15, -0.1) is 0 Å². The molecule has 1 atom stereocenters. The number of carboxylic acids is 1. The third-order valence-electron chi connectivity index (χ3n) is 4.82. The molecule has 0 aliphatic carbocycles. The van der Waals surface area contributed by atoms with Gasteiger partial charge in [-0.05, 0) is 36.2 Å². The maximum Gasteiger partial charge on any atom is 0.308 e. The molecule has 1 fully saturated rings. The van der Waals surface area contributed by atoms with Crippen LogP contribution in [0.4, 0.5) is 0 Å². The van der Waals surface area contributed by atoms with E-state index < -0.39 is 11.9 Å². The number of carbonyl (C=O) groups is 2. The third kappa shape index (κ3) is 5.63. The Bertz CT molecular complexity index is 838. The minimum atomic E-state index is -0.918. The number of rotatable bonds is 10. The van der Waals surface area contributed by atoms with Crippen molar-refractivity contribution in [2.24, 2.45) is 5.92 Å². The summed E-state index contributed by atoms with van der Waals surface area (Å²) in [5.41, 5.74) is 0.983. The number of hydrogen-bond acceptors (Lipinski definition) is 5. The lowest BCUT2D eigenvalue weighted by atomic mass is 10.1. The predicted molar refractivity (Wildman–Crippen MR) is 106 cm³/mol. The highest BCUT2D eigenvalue weighted by Crippen LogP contribution is 2.28. The molecule has 1 heterocycles. The summed E-state index contributed by atoms with van der Waals surface area (Å²) >= 11 is 0. The number of nitrogens with zero attached hydrogens (tertiary/aromatic N) is 1. The molecule has 0 aromatic heterocycles. The number of ether oxygens (including phenoxy) is 3. The van der Waals surface area contributed by atoms with Crippen LogP contribution in [0.15, 0.2) is 48.5 Å². The lowest BCUT2D eigenvalue weighted by molar-refractivity contribution is -0.141. The number of benzene rings is 2. The summed E-state index contributed by atoms with van der Waals surface area (Å²) in [5.74, 6) is 0.377. The summed E-state index contributed by atoms with van der Waals surface area (Å²) in [7, 11) is 1.58. The van der Waals surface area contributed by atoms with Gasteiger partial charge in [0.15, 0.2) is 11.5 Å². The summed E-state index contributed by atoms with van der Waals surface area (Å²) in [4.78, 5) is 24.7. The lowest BCUT2D eigenvalue weighted by Gasteiger charge is -2.17. The van der Waals surface area contributed by atoms with Crippen LogP contribution in [0.3, 0.4) is 0 Å². The highest BCUT2D eigenvalue weighted by Gasteiger charge is 2.33. The van der Waals surface area contributed by atoms with E-state index in [1.165, 1.54) is 0 Å². The Morgan fingerprint density at radius 3 is 2.55 bits per heavy atom. The quantitative estimate of drug-likeness (QED) is 0.618. The van der Waals surface area contributed by atoms with Crippen LogP contribution in [0.5, 0.6) is 17.2 Å². The van der Waals surface area contributed by atoms with Gasteiger partial charge in [-0.3, -0.25) is 9.59 Å². The molecule has 1 N–H and O–H groups in total. The largest absolute Gasteiger partial charge is 0.493 e. The maximum atomic E-state index is 12.0. The first-order valence-electron chi connectivity index (χ1n) is 9.55. The molecule has 3 rings (SSSR count). The fraction of sp³-hybridized carbons (Fsp3) is 0.364. The monoisotopic (exact) mass is 399 g/mol. The fourth-order valence-corrected chi connectivity index (χ4v) is 3.24. The first-order chi connectivity index (χ1) is 14.1. The highest BCUT2D eigenvalue weighted by atomic mass is 16.5. The van der Waals surface area contributed by atoms with Gasteiger partial charge in [0, 0.05) is 19.5 Å².